The molecule has 0 amide bonds. The molecule has 0 radical (unpaired) electrons. The third kappa shape index (κ3) is 2.87. The molecule has 28 heavy (non-hydrogen) atoms. The number of aromatic nitrogens is 4. The van der Waals surface area contributed by atoms with Gasteiger partial charge >= 0.3 is 0 Å². The van der Waals surface area contributed by atoms with Gasteiger partial charge in [-0.05, 0) is 18.1 Å². The van der Waals surface area contributed by atoms with E-state index in [4.69, 9.17) is 4.74 Å². The summed E-state index contributed by atoms with van der Waals surface area (Å²) in [7, 11) is 1.74. The fourth-order valence-corrected chi connectivity index (χ4v) is 4.00. The van der Waals surface area contributed by atoms with Gasteiger partial charge in [0.1, 0.15) is 17.9 Å². The van der Waals surface area contributed by atoms with Crippen molar-refractivity contribution in [1.82, 2.24) is 19.6 Å². The summed E-state index contributed by atoms with van der Waals surface area (Å²) < 4.78 is 7.41. The second-order valence-corrected chi connectivity index (χ2v) is 7.01. The van der Waals surface area contributed by atoms with Crippen LogP contribution in [0.25, 0.3) is 17.0 Å². The van der Waals surface area contributed by atoms with Gasteiger partial charge in [0.2, 0.25) is 0 Å². The Balaban J connectivity index is 1.52. The van der Waals surface area contributed by atoms with Crippen molar-refractivity contribution in [3.63, 3.8) is 0 Å². The van der Waals surface area contributed by atoms with E-state index in [-0.39, 0.29) is 0 Å². The monoisotopic (exact) mass is 371 g/mol. The molecular formula is C22H21N5O. The minimum absolute atomic E-state index is 0.420. The first kappa shape index (κ1) is 16.7. The number of fused-ring (bicyclic) bond motifs is 1. The SMILES string of the molecule is COc1ccccc1C1CCN(c2cc(-c3ccccc3)nc3ncnn23)C1. The number of hydrogen-bond donors (Lipinski definition) is 0. The molecule has 0 aliphatic carbocycles. The van der Waals surface area contributed by atoms with E-state index in [9.17, 15) is 0 Å². The normalized spacial score (nSPS) is 16.6. The summed E-state index contributed by atoms with van der Waals surface area (Å²) in [5, 5.41) is 4.41. The molecule has 4 aromatic rings. The highest BCUT2D eigenvalue weighted by atomic mass is 16.5. The largest absolute Gasteiger partial charge is 0.496 e. The van der Waals surface area contributed by atoms with E-state index in [1.54, 1.807) is 13.4 Å². The molecule has 0 N–H and O–H groups in total. The lowest BCUT2D eigenvalue weighted by atomic mass is 9.97. The van der Waals surface area contributed by atoms with Crippen molar-refractivity contribution >= 4 is 11.6 Å². The van der Waals surface area contributed by atoms with Crippen LogP contribution in [0, 0.1) is 0 Å². The molecule has 1 aliphatic rings. The van der Waals surface area contributed by atoms with Crippen LogP contribution in [0.15, 0.2) is 67.0 Å². The summed E-state index contributed by atoms with van der Waals surface area (Å²) in [5.41, 5.74) is 3.26. The zero-order chi connectivity index (χ0) is 18.9. The number of rotatable bonds is 4. The van der Waals surface area contributed by atoms with E-state index >= 15 is 0 Å². The average molecular weight is 371 g/mol. The van der Waals surface area contributed by atoms with Gasteiger partial charge in [-0.2, -0.15) is 14.6 Å². The van der Waals surface area contributed by atoms with Crippen LogP contribution >= 0.6 is 0 Å². The molecular weight excluding hydrogens is 350 g/mol. The van der Waals surface area contributed by atoms with Crippen molar-refractivity contribution < 1.29 is 4.74 Å². The lowest BCUT2D eigenvalue weighted by Gasteiger charge is -2.20. The molecule has 1 atom stereocenters. The van der Waals surface area contributed by atoms with E-state index in [2.05, 4.69) is 50.3 Å². The van der Waals surface area contributed by atoms with Crippen molar-refractivity contribution in [3.8, 4) is 17.0 Å². The summed E-state index contributed by atoms with van der Waals surface area (Å²) >= 11 is 0. The van der Waals surface area contributed by atoms with Crippen LogP contribution in [0.2, 0.25) is 0 Å². The van der Waals surface area contributed by atoms with Crippen LogP contribution in [-0.4, -0.2) is 39.8 Å². The lowest BCUT2D eigenvalue weighted by molar-refractivity contribution is 0.406. The van der Waals surface area contributed by atoms with Gasteiger partial charge in [-0.3, -0.25) is 0 Å². The standard InChI is InChI=1S/C22H21N5O/c1-28-20-10-6-5-9-18(20)17-11-12-26(14-17)21-13-19(16-7-3-2-4-8-16)25-22-23-15-24-27(21)22/h2-10,13,15,17H,11-12,14H2,1H3. The predicted octanol–water partition coefficient (Wildman–Crippen LogP) is 3.79. The third-order valence-electron chi connectivity index (χ3n) is 5.39. The Hall–Kier alpha value is -3.41. The summed E-state index contributed by atoms with van der Waals surface area (Å²) in [6.45, 7) is 1.86. The summed E-state index contributed by atoms with van der Waals surface area (Å²) in [5.74, 6) is 3.03. The van der Waals surface area contributed by atoms with E-state index < -0.39 is 0 Å². The molecule has 2 aromatic carbocycles. The number of anilines is 1. The van der Waals surface area contributed by atoms with Crippen LogP contribution in [0.4, 0.5) is 5.82 Å². The highest BCUT2D eigenvalue weighted by Gasteiger charge is 2.28. The van der Waals surface area contributed by atoms with Crippen LogP contribution in [0.3, 0.4) is 0 Å². The first-order chi connectivity index (χ1) is 13.8. The molecule has 1 fully saturated rings. The minimum atomic E-state index is 0.420. The van der Waals surface area contributed by atoms with Crippen molar-refractivity contribution in [1.29, 1.82) is 0 Å². The molecule has 1 saturated heterocycles. The van der Waals surface area contributed by atoms with Crippen LogP contribution in [0.1, 0.15) is 17.9 Å². The fourth-order valence-electron chi connectivity index (χ4n) is 4.00. The Bertz CT molecular complexity index is 1110. The van der Waals surface area contributed by atoms with Crippen molar-refractivity contribution in [2.45, 2.75) is 12.3 Å². The molecule has 6 heteroatoms. The number of hydrogen-bond acceptors (Lipinski definition) is 5. The number of nitrogens with zero attached hydrogens (tertiary/aromatic N) is 5. The number of para-hydroxylation sites is 1. The second kappa shape index (κ2) is 6.96. The minimum Gasteiger partial charge on any atom is -0.496 e. The van der Waals surface area contributed by atoms with Gasteiger partial charge in [-0.25, -0.2) is 4.98 Å². The molecule has 0 bridgehead atoms. The van der Waals surface area contributed by atoms with Gasteiger partial charge in [0.15, 0.2) is 0 Å². The predicted molar refractivity (Wildman–Crippen MR) is 109 cm³/mol. The van der Waals surface area contributed by atoms with Crippen molar-refractivity contribution in [2.24, 2.45) is 0 Å². The second-order valence-electron chi connectivity index (χ2n) is 7.01. The van der Waals surface area contributed by atoms with Crippen molar-refractivity contribution in [3.05, 3.63) is 72.6 Å². The van der Waals surface area contributed by atoms with E-state index in [0.717, 1.165) is 42.3 Å². The molecule has 140 valence electrons. The zero-order valence-electron chi connectivity index (χ0n) is 15.7. The molecule has 1 aliphatic heterocycles. The number of methoxy groups -OCH3 is 1. The quantitative estimate of drug-likeness (QED) is 0.546. The molecule has 0 spiro atoms. The van der Waals surface area contributed by atoms with Gasteiger partial charge < -0.3 is 9.64 Å². The smallest absolute Gasteiger partial charge is 0.254 e. The lowest BCUT2D eigenvalue weighted by Crippen LogP contribution is -2.22. The van der Waals surface area contributed by atoms with Crippen LogP contribution in [0.5, 0.6) is 5.75 Å². The third-order valence-corrected chi connectivity index (χ3v) is 5.39. The Morgan fingerprint density at radius 1 is 1.04 bits per heavy atom. The highest BCUT2D eigenvalue weighted by Crippen LogP contribution is 2.36. The van der Waals surface area contributed by atoms with Crippen LogP contribution in [-0.2, 0) is 0 Å². The number of benzene rings is 2. The molecule has 3 heterocycles. The van der Waals surface area contributed by atoms with Gasteiger partial charge in [-0.15, -0.1) is 0 Å². The van der Waals surface area contributed by atoms with Crippen LogP contribution < -0.4 is 9.64 Å². The van der Waals surface area contributed by atoms with Gasteiger partial charge in [-0.1, -0.05) is 48.5 Å². The van der Waals surface area contributed by atoms with E-state index in [1.165, 1.54) is 5.56 Å². The molecule has 5 rings (SSSR count). The molecule has 6 nitrogen and oxygen atoms in total. The Labute approximate surface area is 163 Å². The average Bonchev–Trinajstić information content (AvgIpc) is 3.43. The Morgan fingerprint density at radius 3 is 2.71 bits per heavy atom. The molecule has 0 saturated carbocycles. The van der Waals surface area contributed by atoms with Gasteiger partial charge in [0.05, 0.1) is 12.8 Å². The van der Waals surface area contributed by atoms with E-state index in [1.807, 2.05) is 34.8 Å². The molecule has 1 unspecified atom stereocenters. The van der Waals surface area contributed by atoms with E-state index in [0.29, 0.717) is 11.7 Å². The highest BCUT2D eigenvalue weighted by molar-refractivity contribution is 5.66. The Morgan fingerprint density at radius 2 is 1.86 bits per heavy atom. The van der Waals surface area contributed by atoms with Crippen molar-refractivity contribution in [2.75, 3.05) is 25.1 Å². The fraction of sp³-hybridized carbons (Fsp3) is 0.227. The summed E-state index contributed by atoms with van der Waals surface area (Å²) in [4.78, 5) is 11.4. The van der Waals surface area contributed by atoms with Gasteiger partial charge in [0, 0.05) is 30.6 Å². The summed E-state index contributed by atoms with van der Waals surface area (Å²) in [6, 6.07) is 20.6. The number of ether oxygens (including phenoxy) is 1. The zero-order valence-corrected chi connectivity index (χ0v) is 15.7. The molecule has 2 aromatic heterocycles. The maximum Gasteiger partial charge on any atom is 0.254 e. The maximum atomic E-state index is 5.58. The Kier molecular flexibility index (Phi) is 4.16. The summed E-state index contributed by atoms with van der Waals surface area (Å²) in [6.07, 6.45) is 2.63. The first-order valence-corrected chi connectivity index (χ1v) is 9.47. The first-order valence-electron chi connectivity index (χ1n) is 9.47. The topological polar surface area (TPSA) is 55.5 Å². The van der Waals surface area contributed by atoms with Gasteiger partial charge in [0.25, 0.3) is 5.78 Å². The maximum absolute atomic E-state index is 5.58.